The molecule has 2 aromatic carbocycles. The summed E-state index contributed by atoms with van der Waals surface area (Å²) >= 11 is 6.32. The molecule has 0 saturated carbocycles. The fourth-order valence-corrected chi connectivity index (χ4v) is 4.27. The topological polar surface area (TPSA) is 103 Å². The Morgan fingerprint density at radius 3 is 2.33 bits per heavy atom. The third kappa shape index (κ3) is 9.19. The van der Waals surface area contributed by atoms with Gasteiger partial charge in [0.25, 0.3) is 10.0 Å². The normalized spacial score (nSPS) is 10.4. The molecule has 0 bridgehead atoms. The third-order valence-corrected chi connectivity index (χ3v) is 6.18. The highest BCUT2D eigenvalue weighted by atomic mass is 35.5. The molecular formula is C22H24Cl2F3N5O3S. The molecule has 8 nitrogen and oxygen atoms in total. The van der Waals surface area contributed by atoms with Crippen LogP contribution >= 0.6 is 24.0 Å². The van der Waals surface area contributed by atoms with Gasteiger partial charge in [0, 0.05) is 32.4 Å². The molecule has 0 unspecified atom stereocenters. The fraction of sp³-hybridized carbons (Fsp3) is 0.182. The maximum absolute atomic E-state index is 14.8. The minimum absolute atomic E-state index is 0. The molecule has 0 fully saturated rings. The van der Waals surface area contributed by atoms with Gasteiger partial charge < -0.3 is 15.5 Å². The first-order chi connectivity index (χ1) is 16.5. The van der Waals surface area contributed by atoms with Gasteiger partial charge in [-0.25, -0.2) is 22.6 Å². The van der Waals surface area contributed by atoms with Gasteiger partial charge in [-0.2, -0.15) is 0 Å². The van der Waals surface area contributed by atoms with Crippen LogP contribution in [-0.4, -0.2) is 46.9 Å². The van der Waals surface area contributed by atoms with Crippen molar-refractivity contribution in [3.8, 4) is 0 Å². The van der Waals surface area contributed by atoms with E-state index in [1.807, 2.05) is 43.3 Å². The molecule has 1 heterocycles. The fourth-order valence-electron chi connectivity index (χ4n) is 2.90. The summed E-state index contributed by atoms with van der Waals surface area (Å²) in [5, 5.41) is 6.26. The van der Waals surface area contributed by atoms with Crippen LogP contribution in [0.25, 0.3) is 0 Å². The number of rotatable bonds is 9. The predicted molar refractivity (Wildman–Crippen MR) is 138 cm³/mol. The van der Waals surface area contributed by atoms with E-state index in [9.17, 15) is 21.6 Å². The maximum Gasteiger partial charge on any atom is 0.483 e. The molecule has 0 atom stereocenters. The largest absolute Gasteiger partial charge is 0.483 e. The molecule has 0 saturated heterocycles. The van der Waals surface area contributed by atoms with Gasteiger partial charge in [-0.3, -0.25) is 4.72 Å². The van der Waals surface area contributed by atoms with Crippen molar-refractivity contribution in [2.75, 3.05) is 42.1 Å². The Labute approximate surface area is 218 Å². The maximum atomic E-state index is 14.8. The Morgan fingerprint density at radius 2 is 1.72 bits per heavy atom. The number of anilines is 4. The average molecular weight is 566 g/mol. The zero-order chi connectivity index (χ0) is 26.0. The molecule has 0 aliphatic heterocycles. The molecule has 0 aliphatic rings. The zero-order valence-corrected chi connectivity index (χ0v) is 21.5. The Hall–Kier alpha value is -3.06. The van der Waals surface area contributed by atoms with E-state index in [0.717, 1.165) is 30.9 Å². The molecule has 36 heavy (non-hydrogen) atoms. The van der Waals surface area contributed by atoms with Gasteiger partial charge in [-0.05, 0) is 37.4 Å². The number of hydrogen-bond donors (Lipinski definition) is 3. The number of halogens is 5. The number of para-hydroxylation sites is 2. The Bertz CT molecular complexity index is 1250. The number of carbonyl (C=O) groups is 1. The van der Waals surface area contributed by atoms with Gasteiger partial charge in [0.15, 0.2) is 0 Å². The zero-order valence-electron chi connectivity index (χ0n) is 19.1. The highest BCUT2D eigenvalue weighted by molar-refractivity contribution is 7.92. The van der Waals surface area contributed by atoms with Crippen LogP contribution in [0.3, 0.4) is 0 Å². The molecule has 0 amide bonds. The molecule has 0 radical (unpaired) electrons. The number of aromatic nitrogens is 1. The summed E-state index contributed by atoms with van der Waals surface area (Å²) in [6.07, 6.45) is -1.40. The number of carbonyl (C=O) groups excluding carboxylic acids is 1. The van der Waals surface area contributed by atoms with Gasteiger partial charge in [-0.1, -0.05) is 29.8 Å². The Balaban J connectivity index is 0.00000120. The summed E-state index contributed by atoms with van der Waals surface area (Å²) in [5.41, 5.74) is 1.86. The summed E-state index contributed by atoms with van der Waals surface area (Å²) in [6, 6.07) is 14.4. The van der Waals surface area contributed by atoms with E-state index >= 15 is 0 Å². The number of nitrogens with one attached hydrogen (secondary N) is 3. The van der Waals surface area contributed by atoms with E-state index in [-0.39, 0.29) is 28.9 Å². The minimum atomic E-state index is -4.20. The summed E-state index contributed by atoms with van der Waals surface area (Å²) in [7, 11) is -0.386. The lowest BCUT2D eigenvalue weighted by Crippen LogP contribution is -2.27. The molecule has 3 N–H and O–H groups in total. The molecule has 196 valence electrons. The van der Waals surface area contributed by atoms with Crippen molar-refractivity contribution in [2.45, 2.75) is 4.90 Å². The van der Waals surface area contributed by atoms with Crippen molar-refractivity contribution >= 4 is 63.2 Å². The van der Waals surface area contributed by atoms with E-state index in [1.165, 1.54) is 12.3 Å². The SMILES string of the molecule is CNCCN(C)c1ccccc1Nc1cc(F)c(S(=O)(=O)Nc2ccccn2)cc1Cl.Cl.O=C(F)F. The molecule has 3 aromatic rings. The van der Waals surface area contributed by atoms with Gasteiger partial charge >= 0.3 is 6.29 Å². The molecule has 1 aromatic heterocycles. The van der Waals surface area contributed by atoms with E-state index in [2.05, 4.69) is 20.3 Å². The highest BCUT2D eigenvalue weighted by Crippen LogP contribution is 2.34. The van der Waals surface area contributed by atoms with E-state index in [1.54, 1.807) is 12.1 Å². The lowest BCUT2D eigenvalue weighted by atomic mass is 10.2. The van der Waals surface area contributed by atoms with Crippen LogP contribution in [0.5, 0.6) is 0 Å². The number of benzene rings is 2. The standard InChI is InChI=1S/C21H23ClFN5O2S.CF2O.ClH/c1-24-11-12-28(2)19-8-4-3-7-17(19)26-18-14-16(23)20(13-15(18)22)31(29,30)27-21-9-5-6-10-25-21;2-1(3)4;/h3-10,13-14,24,26H,11-12H2,1-2H3,(H,25,27);;1H. The molecule has 0 aliphatic carbocycles. The first kappa shape index (κ1) is 31.0. The van der Waals surface area contributed by atoms with Crippen LogP contribution in [-0.2, 0) is 10.0 Å². The van der Waals surface area contributed by atoms with Gasteiger partial charge in [0.2, 0.25) is 0 Å². The smallest absolute Gasteiger partial charge is 0.372 e. The number of hydrogen-bond acceptors (Lipinski definition) is 7. The second-order valence-electron chi connectivity index (χ2n) is 6.98. The van der Waals surface area contributed by atoms with E-state index < -0.39 is 27.0 Å². The van der Waals surface area contributed by atoms with E-state index in [4.69, 9.17) is 16.4 Å². The van der Waals surface area contributed by atoms with Crippen molar-refractivity contribution in [3.05, 3.63) is 71.6 Å². The summed E-state index contributed by atoms with van der Waals surface area (Å²) in [5.74, 6) is -0.852. The second kappa shape index (κ2) is 14.5. The second-order valence-corrected chi connectivity index (χ2v) is 9.03. The molecule has 14 heteroatoms. The van der Waals surface area contributed by atoms with Crippen LogP contribution in [0.1, 0.15) is 0 Å². The number of sulfonamides is 1. The molecular weight excluding hydrogens is 542 g/mol. The van der Waals surface area contributed by atoms with Gasteiger partial charge in [-0.15, -0.1) is 21.2 Å². The van der Waals surface area contributed by atoms with Crippen LogP contribution in [0.2, 0.25) is 5.02 Å². The minimum Gasteiger partial charge on any atom is -0.372 e. The Morgan fingerprint density at radius 1 is 1.08 bits per heavy atom. The lowest BCUT2D eigenvalue weighted by Gasteiger charge is -2.23. The van der Waals surface area contributed by atoms with Crippen LogP contribution < -0.4 is 20.3 Å². The summed E-state index contributed by atoms with van der Waals surface area (Å²) < 4.78 is 61.6. The van der Waals surface area contributed by atoms with Crippen LogP contribution in [0, 0.1) is 5.82 Å². The van der Waals surface area contributed by atoms with Gasteiger partial charge in [0.05, 0.1) is 22.1 Å². The predicted octanol–water partition coefficient (Wildman–Crippen LogP) is 5.54. The van der Waals surface area contributed by atoms with Crippen molar-refractivity contribution in [3.63, 3.8) is 0 Å². The summed E-state index contributed by atoms with van der Waals surface area (Å²) in [6.45, 7) is 1.55. The summed E-state index contributed by atoms with van der Waals surface area (Å²) in [4.78, 5) is 13.5. The molecule has 0 spiro atoms. The van der Waals surface area contributed by atoms with Crippen molar-refractivity contribution < 1.29 is 26.4 Å². The average Bonchev–Trinajstić information content (AvgIpc) is 2.80. The Kier molecular flexibility index (Phi) is 12.5. The van der Waals surface area contributed by atoms with Crippen LogP contribution in [0.4, 0.5) is 40.8 Å². The van der Waals surface area contributed by atoms with E-state index in [0.29, 0.717) is 5.69 Å². The first-order valence-corrected chi connectivity index (χ1v) is 11.9. The number of likely N-dealkylation sites (N-methyl/N-ethyl adjacent to an activating group) is 2. The first-order valence-electron chi connectivity index (χ1n) is 10.0. The number of pyridine rings is 1. The lowest BCUT2D eigenvalue weighted by molar-refractivity contribution is 0.199. The number of nitrogens with zero attached hydrogens (tertiary/aromatic N) is 2. The molecule has 3 rings (SSSR count). The van der Waals surface area contributed by atoms with Crippen molar-refractivity contribution in [2.24, 2.45) is 0 Å². The third-order valence-electron chi connectivity index (χ3n) is 4.50. The van der Waals surface area contributed by atoms with Crippen LogP contribution in [0.15, 0.2) is 65.7 Å². The quantitative estimate of drug-likeness (QED) is 0.292. The van der Waals surface area contributed by atoms with Crippen molar-refractivity contribution in [1.82, 2.24) is 10.3 Å². The van der Waals surface area contributed by atoms with Gasteiger partial charge in [0.1, 0.15) is 16.5 Å². The highest BCUT2D eigenvalue weighted by Gasteiger charge is 2.22. The monoisotopic (exact) mass is 565 g/mol. The van der Waals surface area contributed by atoms with Crippen molar-refractivity contribution in [1.29, 1.82) is 0 Å².